The maximum absolute atomic E-state index is 11.1. The Labute approximate surface area is 90.6 Å². The number of carbonyl (C=O) groups is 1. The van der Waals surface area contributed by atoms with E-state index in [2.05, 4.69) is 15.9 Å². The highest BCUT2D eigenvalue weighted by atomic mass is 79.9. The van der Waals surface area contributed by atoms with E-state index >= 15 is 0 Å². The molecule has 14 heavy (non-hydrogen) atoms. The van der Waals surface area contributed by atoms with Crippen LogP contribution in [0.4, 0.5) is 0 Å². The third kappa shape index (κ3) is 1.44. The molecule has 1 aromatic carbocycles. The molecule has 0 heterocycles. The maximum Gasteiger partial charge on any atom is 0.249 e. The molecule has 2 rings (SSSR count). The number of carbonyl (C=O) groups excluding carboxylic acids is 1. The summed E-state index contributed by atoms with van der Waals surface area (Å²) in [6, 6.07) is 3.80. The van der Waals surface area contributed by atoms with Gasteiger partial charge in [0.2, 0.25) is 5.91 Å². The average molecular weight is 255 g/mol. The lowest BCUT2D eigenvalue weighted by Gasteiger charge is -2.07. The molecule has 0 unspecified atom stereocenters. The van der Waals surface area contributed by atoms with Crippen LogP contribution in [0.15, 0.2) is 16.6 Å². The van der Waals surface area contributed by atoms with E-state index < -0.39 is 5.91 Å². The zero-order valence-corrected chi connectivity index (χ0v) is 9.17. The first-order chi connectivity index (χ1) is 6.59. The Balaban J connectivity index is 2.57. The zero-order chi connectivity index (χ0) is 10.3. The van der Waals surface area contributed by atoms with Crippen molar-refractivity contribution in [1.29, 1.82) is 0 Å². The highest BCUT2D eigenvalue weighted by molar-refractivity contribution is 9.10. The second-order valence-electron chi connectivity index (χ2n) is 3.54. The monoisotopic (exact) mass is 254 g/mol. The molecule has 4 heteroatoms. The second kappa shape index (κ2) is 3.37. The van der Waals surface area contributed by atoms with Gasteiger partial charge in [-0.05, 0) is 52.0 Å². The molecule has 0 fully saturated rings. The summed E-state index contributed by atoms with van der Waals surface area (Å²) in [6.45, 7) is 0. The third-order valence-electron chi connectivity index (χ3n) is 2.62. The molecule has 0 saturated carbocycles. The molecule has 0 aliphatic heterocycles. The van der Waals surface area contributed by atoms with Gasteiger partial charge in [-0.3, -0.25) is 4.79 Å². The number of fused-ring (bicyclic) bond motifs is 1. The van der Waals surface area contributed by atoms with Crippen LogP contribution < -0.4 is 11.5 Å². The number of aryl methyl sites for hydroxylation is 1. The maximum atomic E-state index is 11.1. The Kier molecular flexibility index (Phi) is 2.33. The van der Waals surface area contributed by atoms with Gasteiger partial charge in [-0.15, -0.1) is 0 Å². The van der Waals surface area contributed by atoms with Crippen LogP contribution in [0.2, 0.25) is 0 Å². The summed E-state index contributed by atoms with van der Waals surface area (Å²) in [5.41, 5.74) is 13.9. The molecule has 0 aromatic heterocycles. The van der Waals surface area contributed by atoms with E-state index in [1.807, 2.05) is 6.07 Å². The van der Waals surface area contributed by atoms with Gasteiger partial charge in [0.1, 0.15) is 0 Å². The summed E-state index contributed by atoms with van der Waals surface area (Å²) in [4.78, 5) is 11.1. The molecule has 1 amide bonds. The molecular weight excluding hydrogens is 244 g/mol. The van der Waals surface area contributed by atoms with Gasteiger partial charge in [0.15, 0.2) is 0 Å². The minimum atomic E-state index is -0.418. The number of rotatable bonds is 1. The fraction of sp³-hybridized carbons (Fsp3) is 0.300. The smallest absolute Gasteiger partial charge is 0.249 e. The molecule has 3 nitrogen and oxygen atoms in total. The van der Waals surface area contributed by atoms with Crippen LogP contribution in [-0.4, -0.2) is 5.91 Å². The molecule has 4 N–H and O–H groups in total. The fourth-order valence-corrected chi connectivity index (χ4v) is 2.43. The van der Waals surface area contributed by atoms with E-state index in [1.165, 1.54) is 5.56 Å². The van der Waals surface area contributed by atoms with Crippen LogP contribution >= 0.6 is 15.9 Å². The number of benzene rings is 1. The topological polar surface area (TPSA) is 69.1 Å². The van der Waals surface area contributed by atoms with Gasteiger partial charge in [-0.2, -0.15) is 0 Å². The van der Waals surface area contributed by atoms with Crippen LogP contribution in [0.3, 0.4) is 0 Å². The van der Waals surface area contributed by atoms with E-state index in [-0.39, 0.29) is 6.04 Å². The van der Waals surface area contributed by atoms with Gasteiger partial charge in [0.25, 0.3) is 0 Å². The van der Waals surface area contributed by atoms with Gasteiger partial charge in [0.05, 0.1) is 5.56 Å². The Hall–Kier alpha value is -0.870. The van der Waals surface area contributed by atoms with Crippen molar-refractivity contribution in [2.75, 3.05) is 0 Å². The van der Waals surface area contributed by atoms with Crippen molar-refractivity contribution in [3.05, 3.63) is 33.3 Å². The predicted molar refractivity (Wildman–Crippen MR) is 57.9 cm³/mol. The van der Waals surface area contributed by atoms with E-state index in [1.54, 1.807) is 6.07 Å². The van der Waals surface area contributed by atoms with Gasteiger partial charge in [-0.25, -0.2) is 0 Å². The number of hydrogen-bond acceptors (Lipinski definition) is 2. The summed E-state index contributed by atoms with van der Waals surface area (Å²) in [5, 5.41) is 0. The Morgan fingerprint density at radius 3 is 2.86 bits per heavy atom. The van der Waals surface area contributed by atoms with E-state index in [9.17, 15) is 4.79 Å². The molecule has 0 saturated heterocycles. The van der Waals surface area contributed by atoms with E-state index in [0.717, 1.165) is 22.9 Å². The number of hydrogen-bond donors (Lipinski definition) is 2. The van der Waals surface area contributed by atoms with Crippen LogP contribution in [0.25, 0.3) is 0 Å². The molecule has 1 aliphatic rings. The van der Waals surface area contributed by atoms with Crippen LogP contribution in [0, 0.1) is 0 Å². The number of primary amides is 1. The molecule has 1 aliphatic carbocycles. The average Bonchev–Trinajstić information content (AvgIpc) is 2.46. The summed E-state index contributed by atoms with van der Waals surface area (Å²) >= 11 is 3.33. The first kappa shape index (κ1) is 9.68. The molecule has 1 aromatic rings. The van der Waals surface area contributed by atoms with Crippen molar-refractivity contribution in [3.63, 3.8) is 0 Å². The summed E-state index contributed by atoms with van der Waals surface area (Å²) in [6.07, 6.45) is 1.93. The van der Waals surface area contributed by atoms with Gasteiger partial charge in [-0.1, -0.05) is 0 Å². The van der Waals surface area contributed by atoms with Crippen molar-refractivity contribution in [2.45, 2.75) is 18.9 Å². The molecule has 74 valence electrons. The molecule has 0 spiro atoms. The van der Waals surface area contributed by atoms with Crippen molar-refractivity contribution < 1.29 is 4.79 Å². The summed E-state index contributed by atoms with van der Waals surface area (Å²) in [7, 11) is 0. The lowest BCUT2D eigenvalue weighted by atomic mass is 10.0. The minimum absolute atomic E-state index is 0.0520. The Morgan fingerprint density at radius 1 is 1.50 bits per heavy atom. The largest absolute Gasteiger partial charge is 0.366 e. The van der Waals surface area contributed by atoms with Gasteiger partial charge < -0.3 is 11.5 Å². The Bertz CT molecular complexity index is 403. The van der Waals surface area contributed by atoms with Gasteiger partial charge >= 0.3 is 0 Å². The summed E-state index contributed by atoms with van der Waals surface area (Å²) < 4.78 is 0.762. The van der Waals surface area contributed by atoms with Crippen molar-refractivity contribution in [2.24, 2.45) is 11.5 Å². The molecule has 0 bridgehead atoms. The standard InChI is InChI=1S/C10H11BrN2O/c11-8-3-5-1-2-9(12)6(5)4-7(8)10(13)14/h3-4,9H,1-2,12H2,(H2,13,14)/t9-/m0/s1. The second-order valence-corrected chi connectivity index (χ2v) is 4.39. The highest BCUT2D eigenvalue weighted by Gasteiger charge is 2.21. The molecule has 0 radical (unpaired) electrons. The van der Waals surface area contributed by atoms with Crippen LogP contribution in [0.5, 0.6) is 0 Å². The zero-order valence-electron chi connectivity index (χ0n) is 7.59. The quantitative estimate of drug-likeness (QED) is 0.798. The molecule has 1 atom stereocenters. The van der Waals surface area contributed by atoms with Crippen molar-refractivity contribution >= 4 is 21.8 Å². The van der Waals surface area contributed by atoms with E-state index in [0.29, 0.717) is 5.56 Å². The number of halogens is 1. The first-order valence-electron chi connectivity index (χ1n) is 4.47. The fourth-order valence-electron chi connectivity index (χ4n) is 1.85. The third-order valence-corrected chi connectivity index (χ3v) is 3.27. The highest BCUT2D eigenvalue weighted by Crippen LogP contribution is 2.33. The predicted octanol–water partition coefficient (Wildman–Crippen LogP) is 1.49. The SMILES string of the molecule is NC(=O)c1cc2c(cc1Br)CC[C@@H]2N. The van der Waals surface area contributed by atoms with Crippen molar-refractivity contribution in [3.8, 4) is 0 Å². The van der Waals surface area contributed by atoms with E-state index in [4.69, 9.17) is 11.5 Å². The first-order valence-corrected chi connectivity index (χ1v) is 5.26. The minimum Gasteiger partial charge on any atom is -0.366 e. The van der Waals surface area contributed by atoms with Crippen LogP contribution in [-0.2, 0) is 6.42 Å². The normalized spacial score (nSPS) is 19.4. The molecular formula is C10H11BrN2O. The van der Waals surface area contributed by atoms with Gasteiger partial charge in [0, 0.05) is 10.5 Å². The number of nitrogens with two attached hydrogens (primary N) is 2. The van der Waals surface area contributed by atoms with Crippen molar-refractivity contribution in [1.82, 2.24) is 0 Å². The lowest BCUT2D eigenvalue weighted by Crippen LogP contribution is -2.13. The number of amides is 1. The lowest BCUT2D eigenvalue weighted by molar-refractivity contribution is 0.0999. The van der Waals surface area contributed by atoms with Crippen LogP contribution in [0.1, 0.15) is 33.9 Å². The Morgan fingerprint density at radius 2 is 2.21 bits per heavy atom. The summed E-state index contributed by atoms with van der Waals surface area (Å²) in [5.74, 6) is -0.418.